The lowest BCUT2D eigenvalue weighted by Gasteiger charge is -2.33. The molecule has 0 aliphatic carbocycles. The van der Waals surface area contributed by atoms with Crippen LogP contribution in [0.15, 0.2) is 42.5 Å². The molecule has 1 N–H and O–H groups in total. The van der Waals surface area contributed by atoms with Gasteiger partial charge in [0, 0.05) is 21.8 Å². The molecular weight excluding hydrogens is 343 g/mol. The van der Waals surface area contributed by atoms with E-state index in [0.29, 0.717) is 5.02 Å². The smallest absolute Gasteiger partial charge is 0.159 e. The number of hydrogen-bond acceptors (Lipinski definition) is 2. The maximum Gasteiger partial charge on any atom is 0.159 e. The number of quaternary nitrogens is 1. The van der Waals surface area contributed by atoms with Gasteiger partial charge in [0.05, 0.1) is 31.2 Å². The molecule has 5 heteroatoms. The summed E-state index contributed by atoms with van der Waals surface area (Å²) in [4.78, 5) is 15.3. The fraction of sp³-hybridized carbons (Fsp3) is 0.316. The van der Waals surface area contributed by atoms with Gasteiger partial charge in [0.25, 0.3) is 0 Å². The Kier molecular flexibility index (Phi) is 5.44. The zero-order valence-electron chi connectivity index (χ0n) is 13.7. The van der Waals surface area contributed by atoms with Crippen molar-refractivity contribution in [3.63, 3.8) is 0 Å². The highest BCUT2D eigenvalue weighted by molar-refractivity contribution is 6.35. The minimum absolute atomic E-state index is 0.107. The van der Waals surface area contributed by atoms with E-state index < -0.39 is 0 Å². The highest BCUT2D eigenvalue weighted by Crippen LogP contribution is 2.20. The Balaban J connectivity index is 1.58. The van der Waals surface area contributed by atoms with Crippen molar-refractivity contribution in [3.8, 4) is 0 Å². The minimum Gasteiger partial charge on any atom is -0.360 e. The summed E-state index contributed by atoms with van der Waals surface area (Å²) < 4.78 is 0. The third-order valence-electron chi connectivity index (χ3n) is 4.57. The van der Waals surface area contributed by atoms with E-state index in [1.165, 1.54) is 10.6 Å². The molecule has 1 aliphatic heterocycles. The summed E-state index contributed by atoms with van der Waals surface area (Å²) in [5, 5.41) is 1.43. The molecule has 0 bridgehead atoms. The molecule has 0 unspecified atom stereocenters. The Morgan fingerprint density at radius 1 is 1.08 bits per heavy atom. The maximum absolute atomic E-state index is 11.4. The first-order chi connectivity index (χ1) is 11.5. The van der Waals surface area contributed by atoms with Crippen LogP contribution in [-0.4, -0.2) is 32.0 Å². The van der Waals surface area contributed by atoms with E-state index >= 15 is 0 Å². The average molecular weight is 364 g/mol. The van der Waals surface area contributed by atoms with E-state index in [0.717, 1.165) is 48.9 Å². The molecule has 2 aromatic carbocycles. The number of rotatable bonds is 4. The number of ketones is 1. The number of nitrogens with one attached hydrogen (secondary N) is 1. The highest BCUT2D eigenvalue weighted by atomic mass is 35.5. The Labute approximate surface area is 152 Å². The van der Waals surface area contributed by atoms with Crippen LogP contribution in [0.3, 0.4) is 0 Å². The summed E-state index contributed by atoms with van der Waals surface area (Å²) in [6.07, 6.45) is 0. The molecule has 0 radical (unpaired) electrons. The fourth-order valence-electron chi connectivity index (χ4n) is 3.10. The Morgan fingerprint density at radius 3 is 2.33 bits per heavy atom. The van der Waals surface area contributed by atoms with Crippen LogP contribution in [0, 0.1) is 0 Å². The Bertz CT molecular complexity index is 723. The first-order valence-corrected chi connectivity index (χ1v) is 8.92. The molecule has 126 valence electrons. The quantitative estimate of drug-likeness (QED) is 0.844. The molecule has 2 aromatic rings. The van der Waals surface area contributed by atoms with E-state index in [1.807, 2.05) is 42.5 Å². The predicted molar refractivity (Wildman–Crippen MR) is 99.5 cm³/mol. The number of halogens is 2. The van der Waals surface area contributed by atoms with Gasteiger partial charge in [0.1, 0.15) is 6.54 Å². The number of nitrogens with zero attached hydrogens (tertiary/aromatic N) is 1. The second-order valence-electron chi connectivity index (χ2n) is 6.25. The van der Waals surface area contributed by atoms with Crippen LogP contribution in [-0.2, 0) is 6.54 Å². The topological polar surface area (TPSA) is 24.8 Å². The standard InChI is InChI=1S/C19H20Cl2N2O/c1-14(24)15-3-6-18(7-4-15)23-10-8-22(9-11-23)13-16-2-5-17(20)12-19(16)21/h2-7,12H,8-11,13H2,1H3/p+1. The third-order valence-corrected chi connectivity index (χ3v) is 5.15. The number of anilines is 1. The van der Waals surface area contributed by atoms with Crippen molar-refractivity contribution in [2.45, 2.75) is 13.5 Å². The number of benzene rings is 2. The summed E-state index contributed by atoms with van der Waals surface area (Å²) in [5.41, 5.74) is 3.10. The van der Waals surface area contributed by atoms with E-state index in [-0.39, 0.29) is 5.78 Å². The normalized spacial score (nSPS) is 15.5. The van der Waals surface area contributed by atoms with Crippen molar-refractivity contribution in [1.82, 2.24) is 0 Å². The molecule has 1 aliphatic rings. The second-order valence-corrected chi connectivity index (χ2v) is 7.10. The minimum atomic E-state index is 0.107. The molecule has 1 saturated heterocycles. The molecule has 3 rings (SSSR count). The van der Waals surface area contributed by atoms with Crippen LogP contribution >= 0.6 is 23.2 Å². The second kappa shape index (κ2) is 7.56. The lowest BCUT2D eigenvalue weighted by atomic mass is 10.1. The molecule has 1 fully saturated rings. The Morgan fingerprint density at radius 2 is 1.75 bits per heavy atom. The van der Waals surface area contributed by atoms with Gasteiger partial charge in [-0.3, -0.25) is 4.79 Å². The van der Waals surface area contributed by atoms with Gasteiger partial charge < -0.3 is 9.80 Å². The van der Waals surface area contributed by atoms with Gasteiger partial charge in [0.15, 0.2) is 5.78 Å². The molecule has 1 heterocycles. The van der Waals surface area contributed by atoms with Crippen LogP contribution in [0.1, 0.15) is 22.8 Å². The lowest BCUT2D eigenvalue weighted by molar-refractivity contribution is -0.914. The van der Waals surface area contributed by atoms with Gasteiger partial charge in [-0.15, -0.1) is 0 Å². The molecule has 3 nitrogen and oxygen atoms in total. The van der Waals surface area contributed by atoms with Gasteiger partial charge in [-0.2, -0.15) is 0 Å². The zero-order valence-corrected chi connectivity index (χ0v) is 15.2. The Hall–Kier alpha value is -1.55. The summed E-state index contributed by atoms with van der Waals surface area (Å²) in [5.74, 6) is 0.107. The van der Waals surface area contributed by atoms with Crippen molar-refractivity contribution in [1.29, 1.82) is 0 Å². The zero-order chi connectivity index (χ0) is 17.1. The number of piperazine rings is 1. The predicted octanol–water partition coefficient (Wildman–Crippen LogP) is 3.10. The van der Waals surface area contributed by atoms with E-state index in [2.05, 4.69) is 4.90 Å². The summed E-state index contributed by atoms with van der Waals surface area (Å²) in [6.45, 7) is 6.65. The third kappa shape index (κ3) is 4.10. The number of carbonyl (C=O) groups excluding carboxylic acids is 1. The van der Waals surface area contributed by atoms with Gasteiger partial charge in [-0.05, 0) is 43.3 Å². The van der Waals surface area contributed by atoms with Gasteiger partial charge in [-0.25, -0.2) is 0 Å². The monoisotopic (exact) mass is 363 g/mol. The van der Waals surface area contributed by atoms with E-state index in [9.17, 15) is 4.79 Å². The van der Waals surface area contributed by atoms with Crippen molar-refractivity contribution in [2.24, 2.45) is 0 Å². The number of carbonyl (C=O) groups is 1. The van der Waals surface area contributed by atoms with E-state index in [4.69, 9.17) is 23.2 Å². The van der Waals surface area contributed by atoms with Crippen LogP contribution < -0.4 is 9.80 Å². The van der Waals surface area contributed by atoms with Crippen molar-refractivity contribution >= 4 is 34.7 Å². The SMILES string of the molecule is CC(=O)c1ccc(N2CC[NH+](Cc3ccc(Cl)cc3Cl)CC2)cc1. The maximum atomic E-state index is 11.4. The van der Waals surface area contributed by atoms with Crippen LogP contribution in [0.2, 0.25) is 10.0 Å². The van der Waals surface area contributed by atoms with Gasteiger partial charge >= 0.3 is 0 Å². The molecule has 0 saturated carbocycles. The first-order valence-electron chi connectivity index (χ1n) is 8.16. The average Bonchev–Trinajstić information content (AvgIpc) is 2.58. The molecule has 24 heavy (non-hydrogen) atoms. The lowest BCUT2D eigenvalue weighted by Crippen LogP contribution is -3.13. The van der Waals surface area contributed by atoms with Crippen molar-refractivity contribution < 1.29 is 9.69 Å². The molecule has 0 aromatic heterocycles. The van der Waals surface area contributed by atoms with Crippen LogP contribution in [0.25, 0.3) is 0 Å². The highest BCUT2D eigenvalue weighted by Gasteiger charge is 2.21. The largest absolute Gasteiger partial charge is 0.360 e. The number of Topliss-reactive ketones (excluding diaryl/α,β-unsaturated/α-hetero) is 1. The molecular formula is C19H21Cl2N2O+. The summed E-state index contributed by atoms with van der Waals surface area (Å²) >= 11 is 12.2. The van der Waals surface area contributed by atoms with Crippen LogP contribution in [0.5, 0.6) is 0 Å². The molecule has 0 spiro atoms. The van der Waals surface area contributed by atoms with Crippen LogP contribution in [0.4, 0.5) is 5.69 Å². The summed E-state index contributed by atoms with van der Waals surface area (Å²) in [7, 11) is 0. The number of hydrogen-bond donors (Lipinski definition) is 1. The fourth-order valence-corrected chi connectivity index (χ4v) is 3.57. The summed E-state index contributed by atoms with van der Waals surface area (Å²) in [6, 6.07) is 13.6. The molecule has 0 amide bonds. The molecule has 0 atom stereocenters. The van der Waals surface area contributed by atoms with Gasteiger partial charge in [0.2, 0.25) is 0 Å². The van der Waals surface area contributed by atoms with Crippen molar-refractivity contribution in [2.75, 3.05) is 31.1 Å². The first kappa shape index (κ1) is 17.3. The van der Waals surface area contributed by atoms with Crippen molar-refractivity contribution in [3.05, 3.63) is 63.6 Å². The van der Waals surface area contributed by atoms with Gasteiger partial charge in [-0.1, -0.05) is 29.3 Å². The van der Waals surface area contributed by atoms with E-state index in [1.54, 1.807) is 6.92 Å².